The van der Waals surface area contributed by atoms with E-state index < -0.39 is 0 Å². The molecule has 0 saturated heterocycles. The van der Waals surface area contributed by atoms with Crippen LogP contribution in [0.1, 0.15) is 10.6 Å². The third-order valence-electron chi connectivity index (χ3n) is 3.23. The molecule has 1 heterocycles. The Balaban J connectivity index is 1.79. The molecule has 0 amide bonds. The second-order valence-corrected chi connectivity index (χ2v) is 5.52. The van der Waals surface area contributed by atoms with Crippen LogP contribution in [0.4, 0.5) is 0 Å². The van der Waals surface area contributed by atoms with E-state index in [4.69, 9.17) is 5.21 Å². The van der Waals surface area contributed by atoms with E-state index in [2.05, 4.69) is 46.5 Å². The number of nitrogens with zero attached hydrogens (tertiary/aromatic N) is 2. The molecule has 0 radical (unpaired) electrons. The van der Waals surface area contributed by atoms with E-state index in [1.807, 2.05) is 23.6 Å². The summed E-state index contributed by atoms with van der Waals surface area (Å²) >= 11 is 1.47. The molecule has 1 aromatic heterocycles. The Morgan fingerprint density at radius 2 is 1.71 bits per heavy atom. The lowest BCUT2D eigenvalue weighted by atomic mass is 10.0. The molecule has 0 aliphatic rings. The van der Waals surface area contributed by atoms with Crippen molar-refractivity contribution in [3.63, 3.8) is 0 Å². The molecule has 0 unspecified atom stereocenters. The molecular formula is C17H14N2OS. The van der Waals surface area contributed by atoms with Gasteiger partial charge in [-0.25, -0.2) is 4.98 Å². The molecule has 0 bridgehead atoms. The minimum absolute atomic E-state index is 0.569. The molecule has 104 valence electrons. The first-order valence-electron chi connectivity index (χ1n) is 6.62. The van der Waals surface area contributed by atoms with Crippen LogP contribution in [0.25, 0.3) is 11.1 Å². The Morgan fingerprint density at radius 1 is 1.00 bits per heavy atom. The van der Waals surface area contributed by atoms with Crippen LogP contribution in [-0.2, 0) is 6.42 Å². The Morgan fingerprint density at radius 3 is 2.33 bits per heavy atom. The number of thiazole rings is 1. The summed E-state index contributed by atoms with van der Waals surface area (Å²) in [5, 5.41) is 15.1. The Kier molecular flexibility index (Phi) is 4.07. The van der Waals surface area contributed by atoms with Gasteiger partial charge in [0.15, 0.2) is 0 Å². The van der Waals surface area contributed by atoms with Crippen LogP contribution >= 0.6 is 11.3 Å². The Labute approximate surface area is 127 Å². The van der Waals surface area contributed by atoms with Gasteiger partial charge in [-0.15, -0.1) is 11.3 Å². The van der Waals surface area contributed by atoms with Crippen LogP contribution in [0.15, 0.2) is 71.3 Å². The minimum atomic E-state index is 0.569. The summed E-state index contributed by atoms with van der Waals surface area (Å²) in [6, 6.07) is 18.5. The van der Waals surface area contributed by atoms with Gasteiger partial charge in [0.25, 0.3) is 0 Å². The van der Waals surface area contributed by atoms with Crippen molar-refractivity contribution in [2.75, 3.05) is 0 Å². The van der Waals surface area contributed by atoms with Gasteiger partial charge in [-0.05, 0) is 16.7 Å². The molecule has 3 nitrogen and oxygen atoms in total. The smallest absolute Gasteiger partial charge is 0.141 e. The Hall–Kier alpha value is -2.46. The van der Waals surface area contributed by atoms with Crippen molar-refractivity contribution >= 4 is 17.0 Å². The maximum absolute atomic E-state index is 9.15. The fourth-order valence-corrected chi connectivity index (χ4v) is 2.78. The molecule has 2 aromatic carbocycles. The molecule has 0 atom stereocenters. The van der Waals surface area contributed by atoms with Gasteiger partial charge in [0.2, 0.25) is 0 Å². The van der Waals surface area contributed by atoms with Crippen molar-refractivity contribution < 1.29 is 5.21 Å². The van der Waals surface area contributed by atoms with Gasteiger partial charge >= 0.3 is 0 Å². The highest BCUT2D eigenvalue weighted by atomic mass is 32.1. The van der Waals surface area contributed by atoms with Crippen LogP contribution in [0.5, 0.6) is 0 Å². The molecular weight excluding hydrogens is 280 g/mol. The molecule has 0 fully saturated rings. The summed E-state index contributed by atoms with van der Waals surface area (Å²) in [5.41, 5.74) is 4.06. The maximum atomic E-state index is 9.15. The van der Waals surface area contributed by atoms with Gasteiger partial charge in [-0.1, -0.05) is 59.8 Å². The summed E-state index contributed by atoms with van der Waals surface area (Å²) in [7, 11) is 0. The molecule has 3 aromatic rings. The van der Waals surface area contributed by atoms with E-state index in [0.717, 1.165) is 10.6 Å². The molecule has 21 heavy (non-hydrogen) atoms. The standard InChI is InChI=1S/C17H14N2OS/c20-19-16(17-18-10-11-21-17)12-13-6-8-15(9-7-13)14-4-2-1-3-5-14/h1-11,20H,12H2/b19-16-. The van der Waals surface area contributed by atoms with E-state index in [9.17, 15) is 0 Å². The van der Waals surface area contributed by atoms with Crippen molar-refractivity contribution in [3.8, 4) is 11.1 Å². The van der Waals surface area contributed by atoms with Crippen LogP contribution in [0, 0.1) is 0 Å². The summed E-state index contributed by atoms with van der Waals surface area (Å²) < 4.78 is 0. The predicted octanol–water partition coefficient (Wildman–Crippen LogP) is 4.23. The topological polar surface area (TPSA) is 45.5 Å². The second kappa shape index (κ2) is 6.33. The highest BCUT2D eigenvalue weighted by Gasteiger charge is 2.08. The number of benzene rings is 2. The van der Waals surface area contributed by atoms with Gasteiger partial charge in [0, 0.05) is 18.0 Å². The lowest BCUT2D eigenvalue weighted by Crippen LogP contribution is -2.04. The zero-order chi connectivity index (χ0) is 14.5. The lowest BCUT2D eigenvalue weighted by molar-refractivity contribution is 0.318. The van der Waals surface area contributed by atoms with Gasteiger partial charge in [0.1, 0.15) is 10.7 Å². The van der Waals surface area contributed by atoms with Crippen LogP contribution in [0.2, 0.25) is 0 Å². The third kappa shape index (κ3) is 3.17. The SMILES string of the molecule is O/N=C(/Cc1ccc(-c2ccccc2)cc1)c1nccs1. The predicted molar refractivity (Wildman–Crippen MR) is 86.0 cm³/mol. The number of rotatable bonds is 4. The summed E-state index contributed by atoms with van der Waals surface area (Å²) in [4.78, 5) is 4.18. The van der Waals surface area contributed by atoms with E-state index in [0.29, 0.717) is 12.1 Å². The molecule has 3 rings (SSSR count). The Bertz CT molecular complexity index is 719. The minimum Gasteiger partial charge on any atom is -0.411 e. The second-order valence-electron chi connectivity index (χ2n) is 4.62. The highest BCUT2D eigenvalue weighted by Crippen LogP contribution is 2.20. The molecule has 0 aliphatic carbocycles. The van der Waals surface area contributed by atoms with Gasteiger partial charge in [0.05, 0.1) is 0 Å². The number of hydrogen-bond donors (Lipinski definition) is 1. The molecule has 1 N–H and O–H groups in total. The van der Waals surface area contributed by atoms with E-state index >= 15 is 0 Å². The van der Waals surface area contributed by atoms with Crippen molar-refractivity contribution in [1.82, 2.24) is 4.98 Å². The first kappa shape index (κ1) is 13.5. The van der Waals surface area contributed by atoms with Crippen LogP contribution in [-0.4, -0.2) is 15.9 Å². The first-order valence-corrected chi connectivity index (χ1v) is 7.50. The highest BCUT2D eigenvalue weighted by molar-refractivity contribution is 7.11. The van der Waals surface area contributed by atoms with E-state index in [-0.39, 0.29) is 0 Å². The van der Waals surface area contributed by atoms with Crippen LogP contribution in [0.3, 0.4) is 0 Å². The zero-order valence-electron chi connectivity index (χ0n) is 11.3. The van der Waals surface area contributed by atoms with E-state index in [1.165, 1.54) is 22.5 Å². The fraction of sp³-hybridized carbons (Fsp3) is 0.0588. The maximum Gasteiger partial charge on any atom is 0.141 e. The number of aromatic nitrogens is 1. The molecule has 0 spiro atoms. The van der Waals surface area contributed by atoms with E-state index in [1.54, 1.807) is 6.20 Å². The van der Waals surface area contributed by atoms with Crippen molar-refractivity contribution in [2.24, 2.45) is 5.16 Å². The molecule has 4 heteroatoms. The van der Waals surface area contributed by atoms with Crippen molar-refractivity contribution in [1.29, 1.82) is 0 Å². The lowest BCUT2D eigenvalue weighted by Gasteiger charge is -2.05. The normalized spacial score (nSPS) is 11.5. The molecule has 0 saturated carbocycles. The fourth-order valence-electron chi connectivity index (χ4n) is 2.16. The quantitative estimate of drug-likeness (QED) is 0.444. The monoisotopic (exact) mass is 294 g/mol. The average Bonchev–Trinajstić information content (AvgIpc) is 3.08. The summed E-state index contributed by atoms with van der Waals surface area (Å²) in [5.74, 6) is 0. The van der Waals surface area contributed by atoms with Gasteiger partial charge in [-0.3, -0.25) is 0 Å². The van der Waals surface area contributed by atoms with Crippen LogP contribution < -0.4 is 0 Å². The zero-order valence-corrected chi connectivity index (χ0v) is 12.1. The number of oxime groups is 1. The molecule has 0 aliphatic heterocycles. The first-order chi connectivity index (χ1) is 10.4. The summed E-state index contributed by atoms with van der Waals surface area (Å²) in [6.07, 6.45) is 2.28. The average molecular weight is 294 g/mol. The number of hydrogen-bond acceptors (Lipinski definition) is 4. The van der Waals surface area contributed by atoms with Crippen molar-refractivity contribution in [3.05, 3.63) is 76.7 Å². The largest absolute Gasteiger partial charge is 0.411 e. The third-order valence-corrected chi connectivity index (χ3v) is 4.05. The van der Waals surface area contributed by atoms with Gasteiger partial charge in [-0.2, -0.15) is 0 Å². The van der Waals surface area contributed by atoms with Crippen molar-refractivity contribution in [2.45, 2.75) is 6.42 Å². The summed E-state index contributed by atoms with van der Waals surface area (Å²) in [6.45, 7) is 0. The van der Waals surface area contributed by atoms with Gasteiger partial charge < -0.3 is 5.21 Å².